The van der Waals surface area contributed by atoms with Crippen LogP contribution in [0.1, 0.15) is 12.8 Å². The number of benzene rings is 1. The van der Waals surface area contributed by atoms with Gasteiger partial charge in [0.15, 0.2) is 0 Å². The van der Waals surface area contributed by atoms with Gasteiger partial charge in [-0.25, -0.2) is 0 Å². The predicted octanol–water partition coefficient (Wildman–Crippen LogP) is 1.00. The summed E-state index contributed by atoms with van der Waals surface area (Å²) in [5.41, 5.74) is -0.916. The minimum absolute atomic E-state index is 0.00307. The lowest BCUT2D eigenvalue weighted by Crippen LogP contribution is -2.47. The number of carbonyl (C=O) groups is 2. The maximum Gasteiger partial charge on any atom is 0.311 e. The fourth-order valence-electron chi connectivity index (χ4n) is 2.52. The van der Waals surface area contributed by atoms with Gasteiger partial charge in [0.05, 0.1) is 16.9 Å². The molecule has 1 saturated heterocycles. The maximum absolute atomic E-state index is 11.9. The molecule has 0 saturated carbocycles. The summed E-state index contributed by atoms with van der Waals surface area (Å²) >= 11 is 0. The van der Waals surface area contributed by atoms with E-state index in [2.05, 4.69) is 10.6 Å². The number of nitrogens with one attached hydrogen (secondary N) is 2. The van der Waals surface area contributed by atoms with E-state index in [1.165, 1.54) is 18.2 Å². The number of nitro benzene ring substituents is 1. The summed E-state index contributed by atoms with van der Waals surface area (Å²) in [6, 6.07) is 5.99. The highest BCUT2D eigenvalue weighted by atomic mass is 16.6. The SMILES string of the molecule is O=C(CNc1ccccc1[N+](=O)[O-])NCC1(C(=O)O)CCOCC1. The third-order valence-electron chi connectivity index (χ3n) is 4.07. The van der Waals surface area contributed by atoms with Gasteiger partial charge in [-0.05, 0) is 18.9 Å². The van der Waals surface area contributed by atoms with Crippen molar-refractivity contribution in [2.45, 2.75) is 12.8 Å². The molecule has 1 amide bonds. The van der Waals surface area contributed by atoms with E-state index in [1.807, 2.05) is 0 Å². The molecule has 0 aromatic heterocycles. The van der Waals surface area contributed by atoms with Gasteiger partial charge in [0.2, 0.25) is 5.91 Å². The van der Waals surface area contributed by atoms with Crippen LogP contribution in [-0.2, 0) is 14.3 Å². The van der Waals surface area contributed by atoms with Gasteiger partial charge in [0.1, 0.15) is 5.69 Å². The van der Waals surface area contributed by atoms with E-state index in [-0.39, 0.29) is 24.5 Å². The van der Waals surface area contributed by atoms with Gasteiger partial charge in [0, 0.05) is 25.8 Å². The van der Waals surface area contributed by atoms with Gasteiger partial charge in [0.25, 0.3) is 5.69 Å². The van der Waals surface area contributed by atoms with E-state index in [9.17, 15) is 24.8 Å². The number of hydrogen-bond donors (Lipinski definition) is 3. The van der Waals surface area contributed by atoms with Crippen molar-refractivity contribution in [3.8, 4) is 0 Å². The van der Waals surface area contributed by atoms with Crippen molar-refractivity contribution in [2.24, 2.45) is 5.41 Å². The quantitative estimate of drug-likeness (QED) is 0.500. The fraction of sp³-hybridized carbons (Fsp3) is 0.467. The van der Waals surface area contributed by atoms with Crippen molar-refractivity contribution in [1.29, 1.82) is 0 Å². The Hall–Kier alpha value is -2.68. The Kier molecular flexibility index (Phi) is 5.69. The predicted molar refractivity (Wildman–Crippen MR) is 84.7 cm³/mol. The highest BCUT2D eigenvalue weighted by molar-refractivity contribution is 5.83. The van der Waals surface area contributed by atoms with E-state index in [0.29, 0.717) is 26.1 Å². The highest BCUT2D eigenvalue weighted by Crippen LogP contribution is 2.30. The molecule has 0 radical (unpaired) electrons. The molecule has 2 rings (SSSR count). The van der Waals surface area contributed by atoms with Crippen LogP contribution in [0, 0.1) is 15.5 Å². The number of aliphatic carboxylic acids is 1. The van der Waals surface area contributed by atoms with Gasteiger partial charge in [-0.2, -0.15) is 0 Å². The second-order valence-electron chi connectivity index (χ2n) is 5.60. The topological polar surface area (TPSA) is 131 Å². The maximum atomic E-state index is 11.9. The largest absolute Gasteiger partial charge is 0.481 e. The molecule has 1 aliphatic rings. The number of rotatable bonds is 7. The van der Waals surface area contributed by atoms with Crippen LogP contribution in [-0.4, -0.2) is 48.2 Å². The Morgan fingerprint density at radius 3 is 2.58 bits per heavy atom. The van der Waals surface area contributed by atoms with Gasteiger partial charge in [-0.15, -0.1) is 0 Å². The zero-order valence-corrected chi connectivity index (χ0v) is 13.0. The van der Waals surface area contributed by atoms with E-state index < -0.39 is 22.2 Å². The lowest BCUT2D eigenvalue weighted by atomic mass is 9.80. The van der Waals surface area contributed by atoms with Crippen molar-refractivity contribution in [1.82, 2.24) is 5.32 Å². The number of para-hydroxylation sites is 2. The standard InChI is InChI=1S/C15H19N3O6/c19-13(9-16-11-3-1-2-4-12(11)18(22)23)17-10-15(14(20)21)5-7-24-8-6-15/h1-4,16H,5-10H2,(H,17,19)(H,20,21). The third-order valence-corrected chi connectivity index (χ3v) is 4.07. The Labute approximate surface area is 138 Å². The molecule has 1 aromatic rings. The van der Waals surface area contributed by atoms with E-state index in [4.69, 9.17) is 4.74 Å². The van der Waals surface area contributed by atoms with Crippen LogP contribution in [0.5, 0.6) is 0 Å². The van der Waals surface area contributed by atoms with E-state index in [1.54, 1.807) is 6.07 Å². The molecule has 1 aromatic carbocycles. The molecule has 9 nitrogen and oxygen atoms in total. The average molecular weight is 337 g/mol. The van der Waals surface area contributed by atoms with Crippen LogP contribution >= 0.6 is 0 Å². The van der Waals surface area contributed by atoms with Crippen molar-refractivity contribution in [3.05, 3.63) is 34.4 Å². The summed E-state index contributed by atoms with van der Waals surface area (Å²) in [4.78, 5) is 33.8. The first-order valence-electron chi connectivity index (χ1n) is 7.50. The summed E-state index contributed by atoms with van der Waals surface area (Å²) in [7, 11) is 0. The van der Waals surface area contributed by atoms with Crippen LogP contribution in [0.2, 0.25) is 0 Å². The molecular weight excluding hydrogens is 318 g/mol. The van der Waals surface area contributed by atoms with Crippen molar-refractivity contribution >= 4 is 23.3 Å². The van der Waals surface area contributed by atoms with Crippen molar-refractivity contribution in [3.63, 3.8) is 0 Å². The number of ether oxygens (including phenoxy) is 1. The molecular formula is C15H19N3O6. The number of nitrogens with zero attached hydrogens (tertiary/aromatic N) is 1. The molecule has 9 heteroatoms. The molecule has 1 heterocycles. The Balaban J connectivity index is 1.90. The lowest BCUT2D eigenvalue weighted by Gasteiger charge is -2.33. The molecule has 0 aliphatic carbocycles. The lowest BCUT2D eigenvalue weighted by molar-refractivity contribution is -0.383. The highest BCUT2D eigenvalue weighted by Gasteiger charge is 2.40. The number of anilines is 1. The zero-order valence-electron chi connectivity index (χ0n) is 13.0. The number of nitro groups is 1. The van der Waals surface area contributed by atoms with E-state index >= 15 is 0 Å². The first kappa shape index (κ1) is 17.7. The molecule has 0 unspecified atom stereocenters. The molecule has 1 fully saturated rings. The van der Waals surface area contributed by atoms with Gasteiger partial charge >= 0.3 is 5.97 Å². The van der Waals surface area contributed by atoms with Gasteiger partial charge < -0.3 is 20.5 Å². The number of carbonyl (C=O) groups excluding carboxylic acids is 1. The Morgan fingerprint density at radius 2 is 1.96 bits per heavy atom. The molecule has 3 N–H and O–H groups in total. The number of hydrogen-bond acceptors (Lipinski definition) is 6. The molecule has 24 heavy (non-hydrogen) atoms. The minimum Gasteiger partial charge on any atom is -0.481 e. The third kappa shape index (κ3) is 4.19. The normalized spacial score (nSPS) is 16.2. The van der Waals surface area contributed by atoms with Crippen molar-refractivity contribution < 1.29 is 24.4 Å². The second-order valence-corrected chi connectivity index (χ2v) is 5.60. The van der Waals surface area contributed by atoms with Gasteiger partial charge in [-0.1, -0.05) is 12.1 Å². The van der Waals surface area contributed by atoms with Crippen LogP contribution in [0.3, 0.4) is 0 Å². The first-order chi connectivity index (χ1) is 11.4. The fourth-order valence-corrected chi connectivity index (χ4v) is 2.52. The summed E-state index contributed by atoms with van der Waals surface area (Å²) in [6.07, 6.45) is 0.667. The molecule has 0 atom stereocenters. The Bertz CT molecular complexity index is 627. The summed E-state index contributed by atoms with van der Waals surface area (Å²) in [6.45, 7) is 0.507. The Morgan fingerprint density at radius 1 is 1.29 bits per heavy atom. The monoisotopic (exact) mass is 337 g/mol. The van der Waals surface area contributed by atoms with Crippen LogP contribution in [0.25, 0.3) is 0 Å². The van der Waals surface area contributed by atoms with E-state index in [0.717, 1.165) is 0 Å². The average Bonchev–Trinajstić information content (AvgIpc) is 2.59. The summed E-state index contributed by atoms with van der Waals surface area (Å²) < 4.78 is 5.17. The minimum atomic E-state index is -1.02. The van der Waals surface area contributed by atoms with Gasteiger partial charge in [-0.3, -0.25) is 19.7 Å². The van der Waals surface area contributed by atoms with Crippen LogP contribution < -0.4 is 10.6 Å². The van der Waals surface area contributed by atoms with Crippen LogP contribution in [0.15, 0.2) is 24.3 Å². The molecule has 0 spiro atoms. The smallest absolute Gasteiger partial charge is 0.311 e. The second kappa shape index (κ2) is 7.73. The first-order valence-corrected chi connectivity index (χ1v) is 7.50. The molecule has 0 bridgehead atoms. The number of carboxylic acids is 1. The number of carboxylic acid groups (broad SMARTS) is 1. The molecule has 130 valence electrons. The number of amides is 1. The van der Waals surface area contributed by atoms with Crippen LogP contribution in [0.4, 0.5) is 11.4 Å². The summed E-state index contributed by atoms with van der Waals surface area (Å²) in [5, 5.41) is 25.6. The summed E-state index contributed by atoms with van der Waals surface area (Å²) in [5.74, 6) is -1.39. The van der Waals surface area contributed by atoms with Crippen molar-refractivity contribution in [2.75, 3.05) is 31.6 Å². The zero-order chi connectivity index (χ0) is 17.6. The molecule has 1 aliphatic heterocycles.